The first kappa shape index (κ1) is 17.2. The summed E-state index contributed by atoms with van der Waals surface area (Å²) in [5.74, 6) is -0.515. The molecule has 3 saturated heterocycles. The number of cyclic esters (lactones) is 1. The molecule has 0 unspecified atom stereocenters. The van der Waals surface area contributed by atoms with Crippen molar-refractivity contribution in [3.05, 3.63) is 24.0 Å². The number of nitrogens with zero attached hydrogens (tertiary/aromatic N) is 2. The second kappa shape index (κ2) is 6.49. The first-order valence-electron chi connectivity index (χ1n) is 8.37. The first-order valence-corrected chi connectivity index (χ1v) is 8.37. The Bertz CT molecular complexity index is 789. The van der Waals surface area contributed by atoms with Crippen LogP contribution in [-0.4, -0.2) is 67.8 Å². The van der Waals surface area contributed by atoms with E-state index in [2.05, 4.69) is 10.6 Å². The molecule has 3 fully saturated rings. The maximum absolute atomic E-state index is 14.6. The van der Waals surface area contributed by atoms with Crippen LogP contribution in [-0.2, 0) is 9.47 Å². The van der Waals surface area contributed by atoms with E-state index in [1.807, 2.05) is 0 Å². The fourth-order valence-corrected chi connectivity index (χ4v) is 3.51. The van der Waals surface area contributed by atoms with Crippen molar-refractivity contribution >= 4 is 29.7 Å². The number of anilines is 2. The number of nitrogens with one attached hydrogen (secondary N) is 2. The molecule has 0 radical (unpaired) electrons. The van der Waals surface area contributed by atoms with Gasteiger partial charge in [-0.05, 0) is 18.2 Å². The van der Waals surface area contributed by atoms with E-state index in [1.165, 1.54) is 11.0 Å². The van der Waals surface area contributed by atoms with E-state index in [0.717, 1.165) is 0 Å². The van der Waals surface area contributed by atoms with Gasteiger partial charge in [-0.25, -0.2) is 18.8 Å². The number of ether oxygens (including phenoxy) is 2. The Balaban J connectivity index is 1.44. The van der Waals surface area contributed by atoms with Gasteiger partial charge in [0.25, 0.3) is 0 Å². The molecule has 0 spiro atoms. The fraction of sp³-hybridized carbons (Fsp3) is 0.438. The predicted octanol–water partition coefficient (Wildman–Crippen LogP) is 0.715. The summed E-state index contributed by atoms with van der Waals surface area (Å²) in [6, 6.07) is 4.22. The van der Waals surface area contributed by atoms with Crippen molar-refractivity contribution in [1.29, 1.82) is 0 Å². The molecule has 0 aromatic heterocycles. The number of halogens is 1. The molecule has 3 atom stereocenters. The molecule has 3 aliphatic heterocycles. The Morgan fingerprint density at radius 2 is 2.11 bits per heavy atom. The van der Waals surface area contributed by atoms with Gasteiger partial charge >= 0.3 is 18.3 Å². The van der Waals surface area contributed by atoms with Crippen molar-refractivity contribution in [2.75, 3.05) is 36.0 Å². The zero-order valence-electron chi connectivity index (χ0n) is 14.1. The van der Waals surface area contributed by atoms with Crippen LogP contribution in [0.15, 0.2) is 18.2 Å². The van der Waals surface area contributed by atoms with Crippen LogP contribution in [0.25, 0.3) is 0 Å². The molecule has 10 nitrogen and oxygen atoms in total. The Hall–Kier alpha value is -3.24. The number of alkyl carbamates (subject to hydrolysis) is 1. The molecule has 3 aliphatic rings. The lowest BCUT2D eigenvalue weighted by Gasteiger charge is -2.21. The topological polar surface area (TPSA) is 120 Å². The SMILES string of the molecule is O=C(O)NC[C@H]1CN(c2ccc(N3C[C@@H]4OC(=O)N[C@@H]4C3)c(F)c2)C(=O)O1. The molecule has 3 N–H and O–H groups in total. The van der Waals surface area contributed by atoms with Gasteiger partial charge in [-0.3, -0.25) is 4.90 Å². The average Bonchev–Trinajstić information content (AvgIpc) is 3.25. The largest absolute Gasteiger partial charge is 0.465 e. The quantitative estimate of drug-likeness (QED) is 0.704. The molecule has 0 bridgehead atoms. The summed E-state index contributed by atoms with van der Waals surface area (Å²) in [5, 5.41) is 13.4. The molecule has 4 rings (SSSR count). The molecule has 0 saturated carbocycles. The van der Waals surface area contributed by atoms with E-state index in [0.29, 0.717) is 24.5 Å². The Morgan fingerprint density at radius 1 is 1.30 bits per heavy atom. The number of carbonyl (C=O) groups excluding carboxylic acids is 2. The van der Waals surface area contributed by atoms with Crippen LogP contribution >= 0.6 is 0 Å². The highest BCUT2D eigenvalue weighted by Crippen LogP contribution is 2.31. The second-order valence-corrected chi connectivity index (χ2v) is 6.54. The summed E-state index contributed by atoms with van der Waals surface area (Å²) in [5.41, 5.74) is 0.672. The number of fused-ring (bicyclic) bond motifs is 1. The van der Waals surface area contributed by atoms with Crippen molar-refractivity contribution in [2.24, 2.45) is 0 Å². The Labute approximate surface area is 152 Å². The van der Waals surface area contributed by atoms with Gasteiger partial charge in [0.2, 0.25) is 0 Å². The van der Waals surface area contributed by atoms with Crippen molar-refractivity contribution < 1.29 is 33.4 Å². The standard InChI is InChI=1S/C16H17FN4O6/c17-10-3-8(21-5-9(26-16(21)25)4-18-14(22)23)1-2-12(10)20-6-11-13(7-20)27-15(24)19-11/h1-3,9,11,13,18H,4-7H2,(H,19,24)(H,22,23)/t9-,11+,13-/m0/s1. The third-order valence-electron chi connectivity index (χ3n) is 4.77. The zero-order valence-corrected chi connectivity index (χ0v) is 14.1. The minimum atomic E-state index is -1.21. The first-order chi connectivity index (χ1) is 12.9. The Morgan fingerprint density at radius 3 is 2.81 bits per heavy atom. The van der Waals surface area contributed by atoms with Gasteiger partial charge in [0.05, 0.1) is 37.1 Å². The summed E-state index contributed by atoms with van der Waals surface area (Å²) in [7, 11) is 0. The molecule has 1 aromatic carbocycles. The fourth-order valence-electron chi connectivity index (χ4n) is 3.51. The molecule has 27 heavy (non-hydrogen) atoms. The summed E-state index contributed by atoms with van der Waals surface area (Å²) >= 11 is 0. The van der Waals surface area contributed by atoms with Crippen LogP contribution < -0.4 is 20.4 Å². The van der Waals surface area contributed by atoms with E-state index < -0.39 is 30.2 Å². The lowest BCUT2D eigenvalue weighted by Crippen LogP contribution is -2.33. The maximum atomic E-state index is 14.6. The van der Waals surface area contributed by atoms with Crippen LogP contribution in [0.1, 0.15) is 0 Å². The van der Waals surface area contributed by atoms with Gasteiger partial charge in [0.15, 0.2) is 0 Å². The minimum absolute atomic E-state index is 0.0413. The normalized spacial score (nSPS) is 26.5. The van der Waals surface area contributed by atoms with Crippen molar-refractivity contribution in [1.82, 2.24) is 10.6 Å². The van der Waals surface area contributed by atoms with Crippen LogP contribution in [0.3, 0.4) is 0 Å². The molecule has 3 amide bonds. The van der Waals surface area contributed by atoms with Crippen LogP contribution in [0.5, 0.6) is 0 Å². The maximum Gasteiger partial charge on any atom is 0.414 e. The summed E-state index contributed by atoms with van der Waals surface area (Å²) < 4.78 is 24.8. The third-order valence-corrected chi connectivity index (χ3v) is 4.77. The van der Waals surface area contributed by atoms with E-state index in [1.54, 1.807) is 17.0 Å². The van der Waals surface area contributed by atoms with Crippen molar-refractivity contribution in [3.8, 4) is 0 Å². The molecule has 3 heterocycles. The summed E-state index contributed by atoms with van der Waals surface area (Å²) in [6.07, 6.45) is -3.29. The monoisotopic (exact) mass is 380 g/mol. The molecular formula is C16H17FN4O6. The second-order valence-electron chi connectivity index (χ2n) is 6.54. The van der Waals surface area contributed by atoms with Crippen molar-refractivity contribution in [3.63, 3.8) is 0 Å². The van der Waals surface area contributed by atoms with Crippen LogP contribution in [0.4, 0.5) is 30.1 Å². The van der Waals surface area contributed by atoms with Crippen LogP contribution in [0.2, 0.25) is 0 Å². The highest BCUT2D eigenvalue weighted by atomic mass is 19.1. The van der Waals surface area contributed by atoms with E-state index >= 15 is 0 Å². The molecule has 144 valence electrons. The predicted molar refractivity (Wildman–Crippen MR) is 89.4 cm³/mol. The van der Waals surface area contributed by atoms with Crippen LogP contribution in [0, 0.1) is 5.82 Å². The number of carbonyl (C=O) groups is 3. The molecule has 11 heteroatoms. The van der Waals surface area contributed by atoms with E-state index in [9.17, 15) is 18.8 Å². The number of hydrogen-bond donors (Lipinski definition) is 3. The van der Waals surface area contributed by atoms with Gasteiger partial charge in [-0.2, -0.15) is 0 Å². The average molecular weight is 380 g/mol. The highest BCUT2D eigenvalue weighted by molar-refractivity contribution is 5.90. The van der Waals surface area contributed by atoms with Crippen molar-refractivity contribution in [2.45, 2.75) is 18.2 Å². The molecule has 0 aliphatic carbocycles. The van der Waals surface area contributed by atoms with E-state index in [4.69, 9.17) is 14.6 Å². The number of benzene rings is 1. The highest BCUT2D eigenvalue weighted by Gasteiger charge is 2.42. The summed E-state index contributed by atoms with van der Waals surface area (Å²) in [6.45, 7) is 0.891. The smallest absolute Gasteiger partial charge is 0.414 e. The van der Waals surface area contributed by atoms with Gasteiger partial charge in [-0.1, -0.05) is 0 Å². The Kier molecular flexibility index (Phi) is 4.13. The third kappa shape index (κ3) is 3.27. The van der Waals surface area contributed by atoms with Gasteiger partial charge < -0.3 is 30.1 Å². The molecule has 1 aromatic rings. The number of amides is 3. The van der Waals surface area contributed by atoms with Gasteiger partial charge in [0.1, 0.15) is 18.0 Å². The lowest BCUT2D eigenvalue weighted by atomic mass is 10.2. The van der Waals surface area contributed by atoms with E-state index in [-0.39, 0.29) is 25.2 Å². The van der Waals surface area contributed by atoms with Gasteiger partial charge in [-0.15, -0.1) is 0 Å². The van der Waals surface area contributed by atoms with Gasteiger partial charge in [0, 0.05) is 6.54 Å². The zero-order chi connectivity index (χ0) is 19.1. The number of hydrogen-bond acceptors (Lipinski definition) is 6. The number of rotatable bonds is 4. The molecular weight excluding hydrogens is 363 g/mol. The minimum Gasteiger partial charge on any atom is -0.465 e. The summed E-state index contributed by atoms with van der Waals surface area (Å²) in [4.78, 5) is 36.7. The lowest BCUT2D eigenvalue weighted by molar-refractivity contribution is 0.136. The number of carboxylic acid groups (broad SMARTS) is 1.